The topological polar surface area (TPSA) is 89.5 Å². The highest BCUT2D eigenvalue weighted by Crippen LogP contribution is 2.32. The monoisotopic (exact) mass is 608 g/mol. The number of nitrogens with one attached hydrogen (secondary N) is 2. The van der Waals surface area contributed by atoms with Crippen LogP contribution in [0.2, 0.25) is 0 Å². The van der Waals surface area contributed by atoms with Crippen LogP contribution in [-0.4, -0.2) is 77.1 Å². The van der Waals surface area contributed by atoms with Crippen LogP contribution in [0.3, 0.4) is 0 Å². The highest BCUT2D eigenvalue weighted by Gasteiger charge is 2.32. The van der Waals surface area contributed by atoms with Crippen LogP contribution in [0.4, 0.5) is 27.7 Å². The number of pyridine rings is 1. The number of likely N-dealkylation sites (tertiary alicyclic amines) is 1. The maximum atomic E-state index is 15.8. The molecular weight excluding hydrogens is 567 g/mol. The van der Waals surface area contributed by atoms with Crippen LogP contribution < -0.4 is 20.4 Å². The molecule has 234 valence electrons. The Morgan fingerprint density at radius 1 is 0.978 bits per heavy atom. The third-order valence-electron chi connectivity index (χ3n) is 9.60. The first kappa shape index (κ1) is 29.6. The number of benzene rings is 2. The largest absolute Gasteiger partial charge is 0.356 e. The summed E-state index contributed by atoms with van der Waals surface area (Å²) in [6.45, 7) is 7.91. The van der Waals surface area contributed by atoms with E-state index in [1.807, 2.05) is 37.3 Å². The fourth-order valence-corrected chi connectivity index (χ4v) is 7.24. The number of amides is 1. The van der Waals surface area contributed by atoms with Crippen molar-refractivity contribution in [2.24, 2.45) is 0 Å². The fourth-order valence-electron chi connectivity index (χ4n) is 7.24. The molecule has 3 aliphatic heterocycles. The first-order chi connectivity index (χ1) is 22.0. The fraction of sp³-hybridized carbons (Fsp3) is 0.429. The molecule has 0 radical (unpaired) electrons. The minimum atomic E-state index is -0.601. The van der Waals surface area contributed by atoms with Gasteiger partial charge in [-0.2, -0.15) is 4.98 Å². The summed E-state index contributed by atoms with van der Waals surface area (Å²) in [6, 6.07) is 15.1. The van der Waals surface area contributed by atoms with E-state index in [2.05, 4.69) is 30.4 Å². The predicted molar refractivity (Wildman–Crippen MR) is 177 cm³/mol. The molecule has 0 unspecified atom stereocenters. The Labute approximate surface area is 263 Å². The number of halogens is 1. The summed E-state index contributed by atoms with van der Waals surface area (Å²) in [4.78, 5) is 34.6. The average molecular weight is 609 g/mol. The number of carbonyl (C=O) groups excluding carboxylic acids is 1. The molecule has 0 aliphatic carbocycles. The van der Waals surface area contributed by atoms with Crippen LogP contribution in [0.15, 0.2) is 60.9 Å². The molecule has 4 aromatic rings. The Morgan fingerprint density at radius 2 is 1.80 bits per heavy atom. The van der Waals surface area contributed by atoms with E-state index in [0.717, 1.165) is 67.5 Å². The molecule has 7 rings (SSSR count). The average Bonchev–Trinajstić information content (AvgIpc) is 3.61. The number of fused-ring (bicyclic) bond motifs is 1. The third-order valence-corrected chi connectivity index (χ3v) is 9.60. The molecule has 3 aliphatic rings. The van der Waals surface area contributed by atoms with Gasteiger partial charge in [0.15, 0.2) is 0 Å². The molecule has 3 saturated heterocycles. The zero-order valence-corrected chi connectivity index (χ0v) is 25.9. The third kappa shape index (κ3) is 6.21. The predicted octanol–water partition coefficient (Wildman–Crippen LogP) is 5.68. The lowest BCUT2D eigenvalue weighted by atomic mass is 10.0. The Balaban J connectivity index is 1.10. The van der Waals surface area contributed by atoms with Crippen molar-refractivity contribution in [3.05, 3.63) is 77.9 Å². The SMILES string of the molecule is Cc1cccc2ccnc(N(C(=O)c3ccc(Nc4nccc(N5CCC(N6CCCC6)CC5)n4)cc3F)[C@@H]3CCCNC3)c12. The summed E-state index contributed by atoms with van der Waals surface area (Å²) in [7, 11) is 0. The number of aryl methyl sites for hydroxylation is 1. The smallest absolute Gasteiger partial charge is 0.262 e. The zero-order chi connectivity index (χ0) is 30.8. The molecule has 2 aromatic carbocycles. The van der Waals surface area contributed by atoms with E-state index in [0.29, 0.717) is 30.0 Å². The molecule has 0 spiro atoms. The second-order valence-electron chi connectivity index (χ2n) is 12.5. The zero-order valence-electron chi connectivity index (χ0n) is 25.9. The molecule has 45 heavy (non-hydrogen) atoms. The number of carbonyl (C=O) groups is 1. The van der Waals surface area contributed by atoms with Crippen molar-refractivity contribution in [1.29, 1.82) is 0 Å². The van der Waals surface area contributed by atoms with Gasteiger partial charge in [0.1, 0.15) is 17.5 Å². The van der Waals surface area contributed by atoms with Crippen molar-refractivity contribution in [3.63, 3.8) is 0 Å². The number of piperidine rings is 2. The van der Waals surface area contributed by atoms with E-state index in [4.69, 9.17) is 4.98 Å². The summed E-state index contributed by atoms with van der Waals surface area (Å²) >= 11 is 0. The Kier molecular flexibility index (Phi) is 8.58. The van der Waals surface area contributed by atoms with Crippen LogP contribution >= 0.6 is 0 Å². The molecule has 1 atom stereocenters. The van der Waals surface area contributed by atoms with E-state index in [-0.39, 0.29) is 11.6 Å². The quantitative estimate of drug-likeness (QED) is 0.277. The number of rotatable bonds is 7. The van der Waals surface area contributed by atoms with Crippen molar-refractivity contribution in [1.82, 2.24) is 25.2 Å². The molecule has 1 amide bonds. The van der Waals surface area contributed by atoms with Crippen molar-refractivity contribution >= 4 is 40.0 Å². The molecule has 2 aromatic heterocycles. The van der Waals surface area contributed by atoms with Gasteiger partial charge in [-0.15, -0.1) is 0 Å². The Bertz CT molecular complexity index is 1660. The lowest BCUT2D eigenvalue weighted by Gasteiger charge is -2.37. The lowest BCUT2D eigenvalue weighted by Crippen LogP contribution is -2.49. The van der Waals surface area contributed by atoms with Gasteiger partial charge in [0.25, 0.3) is 5.91 Å². The van der Waals surface area contributed by atoms with Gasteiger partial charge < -0.3 is 20.4 Å². The van der Waals surface area contributed by atoms with E-state index < -0.39 is 11.7 Å². The van der Waals surface area contributed by atoms with Gasteiger partial charge in [0.2, 0.25) is 5.95 Å². The highest BCUT2D eigenvalue weighted by atomic mass is 19.1. The van der Waals surface area contributed by atoms with Crippen molar-refractivity contribution in [3.8, 4) is 0 Å². The van der Waals surface area contributed by atoms with E-state index in [9.17, 15) is 4.79 Å². The molecule has 0 bridgehead atoms. The van der Waals surface area contributed by atoms with Gasteiger partial charge in [-0.05, 0) is 106 Å². The van der Waals surface area contributed by atoms with Gasteiger partial charge in [-0.1, -0.05) is 18.2 Å². The standard InChI is InChI=1S/C35H41FN8O/c1-24-6-4-7-25-11-16-38-33(32(24)25)44(28-8-5-15-37-23-28)34(45)29-10-9-26(22-30(29)36)40-35-39-17-12-31(41-35)43-20-13-27(14-21-43)42-18-2-3-19-42/h4,6-7,9-12,16-17,22,27-28,37H,2-3,5,8,13-15,18-21,23H2,1H3,(H,39,40,41)/t28-/m1/s1. The molecule has 10 heteroatoms. The van der Waals surface area contributed by atoms with Crippen molar-refractivity contribution in [2.45, 2.75) is 57.5 Å². The van der Waals surface area contributed by atoms with Crippen LogP contribution in [0.25, 0.3) is 10.8 Å². The Hall–Kier alpha value is -4.15. The van der Waals surface area contributed by atoms with Crippen molar-refractivity contribution in [2.75, 3.05) is 54.4 Å². The van der Waals surface area contributed by atoms with Gasteiger partial charge in [0.05, 0.1) is 11.6 Å². The first-order valence-electron chi connectivity index (χ1n) is 16.3. The summed E-state index contributed by atoms with van der Waals surface area (Å²) in [5, 5.41) is 8.47. The second kappa shape index (κ2) is 13.1. The van der Waals surface area contributed by atoms with Gasteiger partial charge in [-0.25, -0.2) is 14.4 Å². The van der Waals surface area contributed by atoms with E-state index in [1.165, 1.54) is 32.0 Å². The highest BCUT2D eigenvalue weighted by molar-refractivity contribution is 6.11. The molecule has 0 saturated carbocycles. The Morgan fingerprint density at radius 3 is 2.58 bits per heavy atom. The number of anilines is 4. The van der Waals surface area contributed by atoms with Crippen LogP contribution in [0, 0.1) is 12.7 Å². The normalized spacial score (nSPS) is 19.6. The van der Waals surface area contributed by atoms with Crippen LogP contribution in [-0.2, 0) is 0 Å². The molecule has 5 heterocycles. The maximum absolute atomic E-state index is 15.8. The molecule has 2 N–H and O–H groups in total. The van der Waals surface area contributed by atoms with Gasteiger partial charge in [0, 0.05) is 49.1 Å². The van der Waals surface area contributed by atoms with Crippen molar-refractivity contribution < 1.29 is 9.18 Å². The second-order valence-corrected chi connectivity index (χ2v) is 12.5. The van der Waals surface area contributed by atoms with E-state index in [1.54, 1.807) is 29.4 Å². The molecular formula is C35H41FN8O. The maximum Gasteiger partial charge on any atom is 0.262 e. The number of nitrogens with zero attached hydrogens (tertiary/aromatic N) is 6. The number of hydrogen-bond donors (Lipinski definition) is 2. The van der Waals surface area contributed by atoms with Crippen LogP contribution in [0.5, 0.6) is 0 Å². The van der Waals surface area contributed by atoms with E-state index >= 15 is 4.39 Å². The number of hydrogen-bond acceptors (Lipinski definition) is 8. The summed E-state index contributed by atoms with van der Waals surface area (Å²) in [5.74, 6) is 0.843. The number of aromatic nitrogens is 3. The lowest BCUT2D eigenvalue weighted by molar-refractivity contribution is 0.0968. The van der Waals surface area contributed by atoms with Gasteiger partial charge in [-0.3, -0.25) is 9.69 Å². The minimum Gasteiger partial charge on any atom is -0.356 e. The summed E-state index contributed by atoms with van der Waals surface area (Å²) in [6.07, 6.45) is 10.1. The molecule has 9 nitrogen and oxygen atoms in total. The first-order valence-corrected chi connectivity index (χ1v) is 16.3. The summed E-state index contributed by atoms with van der Waals surface area (Å²) in [5.41, 5.74) is 1.52. The summed E-state index contributed by atoms with van der Waals surface area (Å²) < 4.78 is 15.8. The molecule has 3 fully saturated rings. The minimum absolute atomic E-state index is 0.00838. The van der Waals surface area contributed by atoms with Gasteiger partial charge >= 0.3 is 0 Å². The van der Waals surface area contributed by atoms with Crippen LogP contribution in [0.1, 0.15) is 54.4 Å².